The Bertz CT molecular complexity index is 510. The van der Waals surface area contributed by atoms with Crippen LogP contribution in [0.15, 0.2) is 28.8 Å². The van der Waals surface area contributed by atoms with E-state index in [1.54, 1.807) is 12.1 Å². The molecule has 0 bridgehead atoms. The quantitative estimate of drug-likeness (QED) is 0.803. The summed E-state index contributed by atoms with van der Waals surface area (Å²) < 4.78 is 18.0. The monoisotopic (exact) mass is 263 g/mol. The van der Waals surface area contributed by atoms with E-state index in [2.05, 4.69) is 22.0 Å². The van der Waals surface area contributed by atoms with Crippen molar-refractivity contribution in [2.24, 2.45) is 0 Å². The highest BCUT2D eigenvalue weighted by atomic mass is 19.1. The van der Waals surface area contributed by atoms with Crippen LogP contribution in [0.2, 0.25) is 0 Å². The van der Waals surface area contributed by atoms with Crippen molar-refractivity contribution in [3.63, 3.8) is 0 Å². The topological polar surface area (TPSA) is 42.2 Å². The lowest BCUT2D eigenvalue weighted by Crippen LogP contribution is -2.17. The van der Waals surface area contributed by atoms with Crippen LogP contribution < -0.4 is 0 Å². The maximum absolute atomic E-state index is 12.8. The fourth-order valence-corrected chi connectivity index (χ4v) is 1.87. The molecule has 0 saturated carbocycles. The third kappa shape index (κ3) is 4.13. The zero-order valence-corrected chi connectivity index (χ0v) is 11.3. The van der Waals surface area contributed by atoms with Crippen molar-refractivity contribution in [2.45, 2.75) is 32.9 Å². The molecule has 0 radical (unpaired) electrons. The summed E-state index contributed by atoms with van der Waals surface area (Å²) in [4.78, 5) is 6.37. The molecule has 2 aromatic rings. The van der Waals surface area contributed by atoms with E-state index >= 15 is 0 Å². The Morgan fingerprint density at radius 1 is 1.21 bits per heavy atom. The number of rotatable bonds is 6. The standard InChI is InChI=1S/C14H18FN3O/c1-3-4-13-16-14(19-17-13)10-18(2)9-11-5-7-12(15)8-6-11/h5-8H,3-4,9-10H2,1-2H3. The van der Waals surface area contributed by atoms with Crippen molar-refractivity contribution in [1.82, 2.24) is 15.0 Å². The van der Waals surface area contributed by atoms with E-state index < -0.39 is 0 Å². The fourth-order valence-electron chi connectivity index (χ4n) is 1.87. The van der Waals surface area contributed by atoms with Crippen molar-refractivity contribution in [1.29, 1.82) is 0 Å². The number of halogens is 1. The molecule has 0 N–H and O–H groups in total. The Balaban J connectivity index is 1.89. The summed E-state index contributed by atoms with van der Waals surface area (Å²) >= 11 is 0. The minimum atomic E-state index is -0.215. The van der Waals surface area contributed by atoms with Crippen LogP contribution in [0.1, 0.15) is 30.6 Å². The van der Waals surface area contributed by atoms with Gasteiger partial charge >= 0.3 is 0 Å². The molecule has 0 saturated heterocycles. The van der Waals surface area contributed by atoms with Gasteiger partial charge < -0.3 is 4.52 Å². The zero-order chi connectivity index (χ0) is 13.7. The molecule has 0 atom stereocenters. The highest BCUT2D eigenvalue weighted by Gasteiger charge is 2.09. The smallest absolute Gasteiger partial charge is 0.240 e. The Labute approximate surface area is 112 Å². The summed E-state index contributed by atoms with van der Waals surface area (Å²) in [6.07, 6.45) is 1.84. The van der Waals surface area contributed by atoms with E-state index in [-0.39, 0.29) is 5.82 Å². The van der Waals surface area contributed by atoms with Gasteiger partial charge in [0, 0.05) is 13.0 Å². The van der Waals surface area contributed by atoms with Gasteiger partial charge in [-0.1, -0.05) is 24.2 Å². The molecule has 1 heterocycles. The molecule has 0 unspecified atom stereocenters. The van der Waals surface area contributed by atoms with Gasteiger partial charge in [-0.15, -0.1) is 0 Å². The molecule has 0 amide bonds. The lowest BCUT2D eigenvalue weighted by molar-refractivity contribution is 0.260. The van der Waals surface area contributed by atoms with Crippen LogP contribution in [0.5, 0.6) is 0 Å². The molecule has 19 heavy (non-hydrogen) atoms. The SMILES string of the molecule is CCCc1noc(CN(C)Cc2ccc(F)cc2)n1. The molecule has 5 heteroatoms. The molecule has 2 rings (SSSR count). The first-order valence-electron chi connectivity index (χ1n) is 6.42. The molecular formula is C14H18FN3O. The van der Waals surface area contributed by atoms with Crippen molar-refractivity contribution in [3.05, 3.63) is 47.4 Å². The summed E-state index contributed by atoms with van der Waals surface area (Å²) in [6.45, 7) is 3.39. The van der Waals surface area contributed by atoms with Gasteiger partial charge in [0.15, 0.2) is 5.82 Å². The number of hydrogen-bond donors (Lipinski definition) is 0. The molecule has 0 fully saturated rings. The average molecular weight is 263 g/mol. The van der Waals surface area contributed by atoms with Crippen LogP contribution in [0, 0.1) is 5.82 Å². The number of aromatic nitrogens is 2. The Morgan fingerprint density at radius 2 is 1.95 bits per heavy atom. The van der Waals surface area contributed by atoms with Gasteiger partial charge in [0.05, 0.1) is 6.54 Å². The van der Waals surface area contributed by atoms with Gasteiger partial charge in [-0.3, -0.25) is 4.90 Å². The highest BCUT2D eigenvalue weighted by molar-refractivity contribution is 5.15. The van der Waals surface area contributed by atoms with Gasteiger partial charge in [0.2, 0.25) is 5.89 Å². The van der Waals surface area contributed by atoms with Gasteiger partial charge in [-0.2, -0.15) is 4.98 Å². The minimum absolute atomic E-state index is 0.215. The molecule has 102 valence electrons. The van der Waals surface area contributed by atoms with Crippen molar-refractivity contribution >= 4 is 0 Å². The van der Waals surface area contributed by atoms with Gasteiger partial charge in [-0.25, -0.2) is 4.39 Å². The van der Waals surface area contributed by atoms with Crippen LogP contribution in [-0.2, 0) is 19.5 Å². The number of benzene rings is 1. The van der Waals surface area contributed by atoms with Crippen LogP contribution in [0.25, 0.3) is 0 Å². The summed E-state index contributed by atoms with van der Waals surface area (Å²) in [7, 11) is 1.97. The molecular weight excluding hydrogens is 245 g/mol. The molecule has 0 spiro atoms. The predicted octanol–water partition coefficient (Wildman–Crippen LogP) is 2.79. The van der Waals surface area contributed by atoms with Crippen LogP contribution in [-0.4, -0.2) is 22.1 Å². The zero-order valence-electron chi connectivity index (χ0n) is 11.3. The van der Waals surface area contributed by atoms with Gasteiger partial charge in [0.25, 0.3) is 0 Å². The second-order valence-corrected chi connectivity index (χ2v) is 4.65. The Kier molecular flexibility index (Phi) is 4.63. The van der Waals surface area contributed by atoms with Gasteiger partial charge in [0.1, 0.15) is 5.82 Å². The summed E-state index contributed by atoms with van der Waals surface area (Å²) in [5.74, 6) is 1.16. The lowest BCUT2D eigenvalue weighted by atomic mass is 10.2. The molecule has 4 nitrogen and oxygen atoms in total. The summed E-state index contributed by atoms with van der Waals surface area (Å²) in [5, 5.41) is 3.92. The number of hydrogen-bond acceptors (Lipinski definition) is 4. The second kappa shape index (κ2) is 6.43. The fraction of sp³-hybridized carbons (Fsp3) is 0.429. The van der Waals surface area contributed by atoms with E-state index in [1.165, 1.54) is 12.1 Å². The highest BCUT2D eigenvalue weighted by Crippen LogP contribution is 2.08. The predicted molar refractivity (Wildman–Crippen MR) is 69.9 cm³/mol. The molecule has 0 aliphatic rings. The Morgan fingerprint density at radius 3 is 2.63 bits per heavy atom. The first kappa shape index (κ1) is 13.7. The van der Waals surface area contributed by atoms with Crippen molar-refractivity contribution in [3.8, 4) is 0 Å². The van der Waals surface area contributed by atoms with Crippen LogP contribution in [0.3, 0.4) is 0 Å². The molecule has 1 aromatic heterocycles. The third-order valence-corrected chi connectivity index (χ3v) is 2.75. The summed E-state index contributed by atoms with van der Waals surface area (Å²) in [5.41, 5.74) is 1.05. The normalized spacial score (nSPS) is 11.2. The largest absolute Gasteiger partial charge is 0.338 e. The lowest BCUT2D eigenvalue weighted by Gasteiger charge is -2.13. The first-order valence-corrected chi connectivity index (χ1v) is 6.42. The van der Waals surface area contributed by atoms with Crippen molar-refractivity contribution in [2.75, 3.05) is 7.05 Å². The van der Waals surface area contributed by atoms with Crippen molar-refractivity contribution < 1.29 is 8.91 Å². The van der Waals surface area contributed by atoms with Crippen LogP contribution >= 0.6 is 0 Å². The van der Waals surface area contributed by atoms with E-state index in [1.807, 2.05) is 7.05 Å². The maximum Gasteiger partial charge on any atom is 0.240 e. The molecule has 0 aliphatic heterocycles. The first-order chi connectivity index (χ1) is 9.17. The van der Waals surface area contributed by atoms with E-state index in [0.29, 0.717) is 19.0 Å². The molecule has 0 aliphatic carbocycles. The van der Waals surface area contributed by atoms with E-state index in [4.69, 9.17) is 4.52 Å². The number of nitrogens with zero attached hydrogens (tertiary/aromatic N) is 3. The van der Waals surface area contributed by atoms with E-state index in [0.717, 1.165) is 24.2 Å². The number of aryl methyl sites for hydroxylation is 1. The molecule has 1 aromatic carbocycles. The van der Waals surface area contributed by atoms with Gasteiger partial charge in [-0.05, 0) is 31.2 Å². The summed E-state index contributed by atoms with van der Waals surface area (Å²) in [6, 6.07) is 6.49. The third-order valence-electron chi connectivity index (χ3n) is 2.75. The van der Waals surface area contributed by atoms with E-state index in [9.17, 15) is 4.39 Å². The van der Waals surface area contributed by atoms with Crippen LogP contribution in [0.4, 0.5) is 4.39 Å². The Hall–Kier alpha value is -1.75. The second-order valence-electron chi connectivity index (χ2n) is 4.65. The minimum Gasteiger partial charge on any atom is -0.338 e. The average Bonchev–Trinajstić information content (AvgIpc) is 2.80. The maximum atomic E-state index is 12.8.